The predicted octanol–water partition coefficient (Wildman–Crippen LogP) is 2.87. The molecule has 0 saturated heterocycles. The number of aliphatic imine (C=N–C) groups is 1. The second-order valence-corrected chi connectivity index (χ2v) is 6.90. The van der Waals surface area contributed by atoms with E-state index in [1.54, 1.807) is 0 Å². The van der Waals surface area contributed by atoms with E-state index in [-0.39, 0.29) is 5.41 Å². The molecule has 1 heterocycles. The lowest BCUT2D eigenvalue weighted by atomic mass is 9.64. The van der Waals surface area contributed by atoms with Gasteiger partial charge in [0.25, 0.3) is 0 Å². The fourth-order valence-corrected chi connectivity index (χ4v) is 3.38. The van der Waals surface area contributed by atoms with Crippen LogP contribution in [-0.4, -0.2) is 35.4 Å². The molecule has 3 rings (SSSR count). The molecule has 0 unspecified atom stereocenters. The summed E-state index contributed by atoms with van der Waals surface area (Å²) in [4.78, 5) is 4.89. The monoisotopic (exact) mass is 339 g/mol. The summed E-state index contributed by atoms with van der Waals surface area (Å²) >= 11 is 0. The van der Waals surface area contributed by atoms with Crippen LogP contribution < -0.4 is 10.6 Å². The van der Waals surface area contributed by atoms with Crippen molar-refractivity contribution in [3.8, 4) is 0 Å². The van der Waals surface area contributed by atoms with Crippen molar-refractivity contribution < 1.29 is 0 Å². The van der Waals surface area contributed by atoms with Crippen molar-refractivity contribution in [2.24, 2.45) is 4.99 Å². The number of rotatable bonds is 7. The van der Waals surface area contributed by atoms with Crippen molar-refractivity contribution in [3.63, 3.8) is 0 Å². The molecule has 2 N–H and O–H groups in total. The SMILES string of the molecule is CCNC(=NCC1(c2ccccc2)CCC1)NCCn1cc(C)cn1. The van der Waals surface area contributed by atoms with Crippen LogP contribution >= 0.6 is 0 Å². The molecule has 0 aliphatic heterocycles. The summed E-state index contributed by atoms with van der Waals surface area (Å²) in [6.45, 7) is 7.51. The van der Waals surface area contributed by atoms with Gasteiger partial charge in [0.05, 0.1) is 19.3 Å². The van der Waals surface area contributed by atoms with E-state index in [1.165, 1.54) is 30.4 Å². The predicted molar refractivity (Wildman–Crippen MR) is 103 cm³/mol. The fraction of sp³-hybridized carbons (Fsp3) is 0.500. The maximum atomic E-state index is 4.89. The molecule has 0 atom stereocenters. The fourth-order valence-electron chi connectivity index (χ4n) is 3.38. The number of nitrogens with one attached hydrogen (secondary N) is 2. The highest BCUT2D eigenvalue weighted by molar-refractivity contribution is 5.79. The van der Waals surface area contributed by atoms with Crippen LogP contribution in [0.25, 0.3) is 0 Å². The largest absolute Gasteiger partial charge is 0.357 e. The normalized spacial score (nSPS) is 16.3. The van der Waals surface area contributed by atoms with Crippen molar-refractivity contribution in [2.75, 3.05) is 19.6 Å². The van der Waals surface area contributed by atoms with Crippen LogP contribution in [0.4, 0.5) is 0 Å². The molecule has 134 valence electrons. The van der Waals surface area contributed by atoms with Crippen molar-refractivity contribution in [1.82, 2.24) is 20.4 Å². The molecule has 5 nitrogen and oxygen atoms in total. The van der Waals surface area contributed by atoms with Crippen LogP contribution in [0.5, 0.6) is 0 Å². The zero-order valence-corrected chi connectivity index (χ0v) is 15.3. The van der Waals surface area contributed by atoms with Crippen molar-refractivity contribution in [1.29, 1.82) is 0 Å². The van der Waals surface area contributed by atoms with Gasteiger partial charge in [-0.3, -0.25) is 9.67 Å². The summed E-state index contributed by atoms with van der Waals surface area (Å²) in [5.41, 5.74) is 2.84. The molecule has 1 saturated carbocycles. The molecule has 1 aromatic heterocycles. The van der Waals surface area contributed by atoms with Crippen molar-refractivity contribution in [2.45, 2.75) is 45.1 Å². The van der Waals surface area contributed by atoms with Crippen molar-refractivity contribution >= 4 is 5.96 Å². The lowest BCUT2D eigenvalue weighted by molar-refractivity contribution is 0.253. The standard InChI is InChI=1S/C20H29N5/c1-3-21-19(22-12-13-25-15-17(2)14-24-25)23-16-20(10-7-11-20)18-8-5-4-6-9-18/h4-6,8-9,14-15H,3,7,10-13,16H2,1-2H3,(H2,21,22,23). The zero-order valence-electron chi connectivity index (χ0n) is 15.3. The maximum absolute atomic E-state index is 4.89. The van der Waals surface area contributed by atoms with Gasteiger partial charge in [-0.25, -0.2) is 0 Å². The number of benzene rings is 1. The minimum atomic E-state index is 0.225. The Morgan fingerprint density at radius 3 is 2.64 bits per heavy atom. The second kappa shape index (κ2) is 8.19. The second-order valence-electron chi connectivity index (χ2n) is 6.90. The molecule has 0 radical (unpaired) electrons. The third kappa shape index (κ3) is 4.41. The first-order valence-corrected chi connectivity index (χ1v) is 9.29. The summed E-state index contributed by atoms with van der Waals surface area (Å²) in [6.07, 6.45) is 7.70. The van der Waals surface area contributed by atoms with Crippen LogP contribution in [0.2, 0.25) is 0 Å². The highest BCUT2D eigenvalue weighted by Gasteiger charge is 2.38. The third-order valence-electron chi connectivity index (χ3n) is 4.98. The minimum absolute atomic E-state index is 0.225. The Kier molecular flexibility index (Phi) is 5.74. The molecule has 5 heteroatoms. The van der Waals surface area contributed by atoms with Gasteiger partial charge >= 0.3 is 0 Å². The molecular formula is C20H29N5. The van der Waals surface area contributed by atoms with Gasteiger partial charge in [0.1, 0.15) is 0 Å². The Labute approximate surface area is 150 Å². The third-order valence-corrected chi connectivity index (χ3v) is 4.98. The van der Waals surface area contributed by atoms with Crippen LogP contribution in [0.3, 0.4) is 0 Å². The lowest BCUT2D eigenvalue weighted by Gasteiger charge is -2.41. The summed E-state index contributed by atoms with van der Waals surface area (Å²) in [5, 5.41) is 11.1. The molecule has 1 aromatic carbocycles. The van der Waals surface area contributed by atoms with E-state index in [0.717, 1.165) is 32.1 Å². The first-order valence-electron chi connectivity index (χ1n) is 9.29. The lowest BCUT2D eigenvalue weighted by Crippen LogP contribution is -2.42. The maximum Gasteiger partial charge on any atom is 0.191 e. The summed E-state index contributed by atoms with van der Waals surface area (Å²) < 4.78 is 1.96. The Morgan fingerprint density at radius 1 is 1.24 bits per heavy atom. The van der Waals surface area contributed by atoms with Gasteiger partial charge in [-0.2, -0.15) is 5.10 Å². The van der Waals surface area contributed by atoms with E-state index >= 15 is 0 Å². The van der Waals surface area contributed by atoms with E-state index in [1.807, 2.05) is 10.9 Å². The minimum Gasteiger partial charge on any atom is -0.357 e. The number of nitrogens with zero attached hydrogens (tertiary/aromatic N) is 3. The Morgan fingerprint density at radius 2 is 2.04 bits per heavy atom. The Bertz CT molecular complexity index is 685. The van der Waals surface area contributed by atoms with E-state index < -0.39 is 0 Å². The van der Waals surface area contributed by atoms with Gasteiger partial charge < -0.3 is 10.6 Å². The summed E-state index contributed by atoms with van der Waals surface area (Å²) in [5.74, 6) is 0.897. The Balaban J connectivity index is 1.59. The van der Waals surface area contributed by atoms with Crippen LogP contribution in [0.1, 0.15) is 37.3 Å². The average Bonchev–Trinajstić information content (AvgIpc) is 3.00. The van der Waals surface area contributed by atoms with E-state index in [0.29, 0.717) is 0 Å². The first kappa shape index (κ1) is 17.5. The molecule has 0 bridgehead atoms. The molecule has 0 amide bonds. The van der Waals surface area contributed by atoms with Crippen molar-refractivity contribution in [3.05, 3.63) is 53.9 Å². The number of aryl methyl sites for hydroxylation is 1. The molecule has 25 heavy (non-hydrogen) atoms. The van der Waals surface area contributed by atoms with Gasteiger partial charge in [0.15, 0.2) is 5.96 Å². The smallest absolute Gasteiger partial charge is 0.191 e. The highest BCUT2D eigenvalue weighted by Crippen LogP contribution is 2.43. The Hall–Kier alpha value is -2.30. The van der Waals surface area contributed by atoms with E-state index in [4.69, 9.17) is 4.99 Å². The number of hydrogen-bond acceptors (Lipinski definition) is 2. The van der Waals surface area contributed by atoms with Gasteiger partial charge in [-0.15, -0.1) is 0 Å². The van der Waals surface area contributed by atoms with E-state index in [9.17, 15) is 0 Å². The first-order chi connectivity index (χ1) is 12.2. The molecule has 1 aliphatic carbocycles. The average molecular weight is 339 g/mol. The quantitative estimate of drug-likeness (QED) is 0.602. The number of hydrogen-bond donors (Lipinski definition) is 2. The summed E-state index contributed by atoms with van der Waals surface area (Å²) in [7, 11) is 0. The van der Waals surface area contributed by atoms with Crippen LogP contribution in [0, 0.1) is 6.92 Å². The van der Waals surface area contributed by atoms with E-state index in [2.05, 4.69) is 66.1 Å². The van der Waals surface area contributed by atoms with Gasteiger partial charge in [-0.05, 0) is 37.8 Å². The molecule has 1 fully saturated rings. The molecule has 1 aliphatic rings. The topological polar surface area (TPSA) is 54.2 Å². The molecular weight excluding hydrogens is 310 g/mol. The molecule has 2 aromatic rings. The number of guanidine groups is 1. The summed E-state index contributed by atoms with van der Waals surface area (Å²) in [6, 6.07) is 10.8. The number of aromatic nitrogens is 2. The van der Waals surface area contributed by atoms with Gasteiger partial charge in [0.2, 0.25) is 0 Å². The zero-order chi connectivity index (χ0) is 17.5. The van der Waals surface area contributed by atoms with Gasteiger partial charge in [-0.1, -0.05) is 36.8 Å². The highest BCUT2D eigenvalue weighted by atomic mass is 15.3. The van der Waals surface area contributed by atoms with Crippen LogP contribution in [-0.2, 0) is 12.0 Å². The van der Waals surface area contributed by atoms with Gasteiger partial charge in [0, 0.05) is 24.7 Å². The van der Waals surface area contributed by atoms with Crippen LogP contribution in [0.15, 0.2) is 47.7 Å². The molecule has 0 spiro atoms.